The number of carbonyl (C=O) groups is 1. The predicted molar refractivity (Wildman–Crippen MR) is 113 cm³/mol. The van der Waals surface area contributed by atoms with Crippen LogP contribution in [0.4, 0.5) is 4.39 Å². The number of halogens is 1. The standard InChI is InChI=1S/C21H26FN3O5S/c1-29-18-3-2-4-19(15-18)30-16-21(26)23-9-10-24-11-13-25(14-12-24)31(27,28)20-7-5-17(22)6-8-20/h2-8,15H,9-14,16H2,1H3,(H,23,26). The van der Waals surface area contributed by atoms with Crippen LogP contribution in [-0.4, -0.2) is 76.5 Å². The number of hydrogen-bond acceptors (Lipinski definition) is 6. The Hall–Kier alpha value is -2.69. The lowest BCUT2D eigenvalue weighted by Crippen LogP contribution is -2.50. The molecule has 2 aromatic carbocycles. The summed E-state index contributed by atoms with van der Waals surface area (Å²) in [5.41, 5.74) is 0. The summed E-state index contributed by atoms with van der Waals surface area (Å²) in [5.74, 6) is 0.492. The van der Waals surface area contributed by atoms with Gasteiger partial charge in [0.25, 0.3) is 5.91 Å². The van der Waals surface area contributed by atoms with E-state index in [-0.39, 0.29) is 17.4 Å². The highest BCUT2D eigenvalue weighted by atomic mass is 32.2. The second-order valence-corrected chi connectivity index (χ2v) is 8.96. The van der Waals surface area contributed by atoms with E-state index in [2.05, 4.69) is 10.2 Å². The Labute approximate surface area is 181 Å². The molecule has 1 heterocycles. The fraction of sp³-hybridized carbons (Fsp3) is 0.381. The monoisotopic (exact) mass is 451 g/mol. The molecule has 0 spiro atoms. The molecule has 8 nitrogen and oxygen atoms in total. The van der Waals surface area contributed by atoms with Crippen LogP contribution in [0.2, 0.25) is 0 Å². The number of carbonyl (C=O) groups excluding carboxylic acids is 1. The molecule has 1 aliphatic rings. The molecule has 1 fully saturated rings. The summed E-state index contributed by atoms with van der Waals surface area (Å²) in [5, 5.41) is 2.80. The summed E-state index contributed by atoms with van der Waals surface area (Å²) in [6, 6.07) is 11.9. The molecular formula is C21H26FN3O5S. The number of nitrogens with zero attached hydrogens (tertiary/aromatic N) is 2. The highest BCUT2D eigenvalue weighted by molar-refractivity contribution is 7.89. The number of amides is 1. The fourth-order valence-corrected chi connectivity index (χ4v) is 4.62. The third kappa shape index (κ3) is 6.39. The minimum atomic E-state index is -3.63. The molecule has 1 saturated heterocycles. The van der Waals surface area contributed by atoms with Crippen LogP contribution in [0.3, 0.4) is 0 Å². The summed E-state index contributed by atoms with van der Waals surface area (Å²) in [6.07, 6.45) is 0. The number of piperazine rings is 1. The van der Waals surface area contributed by atoms with Crippen molar-refractivity contribution in [2.24, 2.45) is 0 Å². The summed E-state index contributed by atoms with van der Waals surface area (Å²) in [7, 11) is -2.07. The van der Waals surface area contributed by atoms with Gasteiger partial charge < -0.3 is 14.8 Å². The van der Waals surface area contributed by atoms with Crippen LogP contribution < -0.4 is 14.8 Å². The summed E-state index contributed by atoms with van der Waals surface area (Å²) >= 11 is 0. The third-order valence-corrected chi connectivity index (χ3v) is 6.86. The largest absolute Gasteiger partial charge is 0.497 e. The van der Waals surface area contributed by atoms with Crippen LogP contribution in [0.25, 0.3) is 0 Å². The molecule has 1 aliphatic heterocycles. The molecule has 10 heteroatoms. The van der Waals surface area contributed by atoms with Gasteiger partial charge in [-0.15, -0.1) is 0 Å². The van der Waals surface area contributed by atoms with Crippen LogP contribution in [0.1, 0.15) is 0 Å². The second-order valence-electron chi connectivity index (χ2n) is 7.02. The van der Waals surface area contributed by atoms with Crippen molar-refractivity contribution < 1.29 is 27.1 Å². The topological polar surface area (TPSA) is 88.2 Å². The molecule has 0 aromatic heterocycles. The van der Waals surface area contributed by atoms with Crippen molar-refractivity contribution in [2.45, 2.75) is 4.90 Å². The van der Waals surface area contributed by atoms with Crippen LogP contribution in [0.5, 0.6) is 11.5 Å². The van der Waals surface area contributed by atoms with Crippen molar-refractivity contribution in [3.8, 4) is 11.5 Å². The molecule has 0 aliphatic carbocycles. The van der Waals surface area contributed by atoms with Crippen LogP contribution in [0.15, 0.2) is 53.4 Å². The maximum absolute atomic E-state index is 13.1. The van der Waals surface area contributed by atoms with Gasteiger partial charge in [-0.3, -0.25) is 9.69 Å². The third-order valence-electron chi connectivity index (χ3n) is 4.94. The Kier molecular flexibility index (Phi) is 7.83. The minimum absolute atomic E-state index is 0.0886. The quantitative estimate of drug-likeness (QED) is 0.619. The van der Waals surface area contributed by atoms with Gasteiger partial charge in [-0.1, -0.05) is 6.07 Å². The fourth-order valence-electron chi connectivity index (χ4n) is 3.19. The lowest BCUT2D eigenvalue weighted by Gasteiger charge is -2.33. The zero-order valence-corrected chi connectivity index (χ0v) is 18.1. The number of methoxy groups -OCH3 is 1. The molecule has 0 radical (unpaired) electrons. The Bertz CT molecular complexity index is 977. The van der Waals surface area contributed by atoms with E-state index in [0.29, 0.717) is 50.8 Å². The first kappa shape index (κ1) is 23.0. The van der Waals surface area contributed by atoms with Crippen molar-refractivity contribution in [1.82, 2.24) is 14.5 Å². The molecule has 168 valence electrons. The highest BCUT2D eigenvalue weighted by Crippen LogP contribution is 2.19. The van der Waals surface area contributed by atoms with Crippen molar-refractivity contribution >= 4 is 15.9 Å². The van der Waals surface area contributed by atoms with Crippen molar-refractivity contribution in [1.29, 1.82) is 0 Å². The van der Waals surface area contributed by atoms with Gasteiger partial charge in [0, 0.05) is 45.3 Å². The van der Waals surface area contributed by atoms with Crippen molar-refractivity contribution in [3.63, 3.8) is 0 Å². The molecule has 3 rings (SSSR count). The molecule has 0 unspecified atom stereocenters. The first-order chi connectivity index (χ1) is 14.9. The number of hydrogen-bond donors (Lipinski definition) is 1. The van der Waals surface area contributed by atoms with E-state index < -0.39 is 15.8 Å². The number of nitrogens with one attached hydrogen (secondary N) is 1. The lowest BCUT2D eigenvalue weighted by molar-refractivity contribution is -0.123. The Morgan fingerprint density at radius 1 is 1.06 bits per heavy atom. The number of ether oxygens (including phenoxy) is 2. The Balaban J connectivity index is 1.37. The number of sulfonamides is 1. The maximum atomic E-state index is 13.1. The van der Waals surface area contributed by atoms with E-state index >= 15 is 0 Å². The Morgan fingerprint density at radius 2 is 1.74 bits per heavy atom. The van der Waals surface area contributed by atoms with Crippen LogP contribution in [-0.2, 0) is 14.8 Å². The summed E-state index contributed by atoms with van der Waals surface area (Å²) in [6.45, 7) is 2.73. The molecule has 31 heavy (non-hydrogen) atoms. The van der Waals surface area contributed by atoms with Gasteiger partial charge in [0.2, 0.25) is 10.0 Å². The van der Waals surface area contributed by atoms with Crippen molar-refractivity contribution in [3.05, 3.63) is 54.3 Å². The minimum Gasteiger partial charge on any atom is -0.497 e. The lowest BCUT2D eigenvalue weighted by atomic mass is 10.3. The van der Waals surface area contributed by atoms with E-state index in [4.69, 9.17) is 9.47 Å². The first-order valence-corrected chi connectivity index (χ1v) is 11.3. The molecule has 0 saturated carbocycles. The highest BCUT2D eigenvalue weighted by Gasteiger charge is 2.28. The average molecular weight is 452 g/mol. The average Bonchev–Trinajstić information content (AvgIpc) is 2.78. The molecule has 2 aromatic rings. The van der Waals surface area contributed by atoms with Gasteiger partial charge in [0.05, 0.1) is 12.0 Å². The molecule has 0 bridgehead atoms. The smallest absolute Gasteiger partial charge is 0.257 e. The van der Waals surface area contributed by atoms with Gasteiger partial charge in [0.1, 0.15) is 17.3 Å². The van der Waals surface area contributed by atoms with E-state index in [1.807, 2.05) is 0 Å². The number of rotatable bonds is 9. The molecule has 1 amide bonds. The number of benzene rings is 2. The van der Waals surface area contributed by atoms with E-state index in [9.17, 15) is 17.6 Å². The van der Waals surface area contributed by atoms with Gasteiger partial charge in [-0.05, 0) is 36.4 Å². The van der Waals surface area contributed by atoms with E-state index in [1.54, 1.807) is 31.4 Å². The van der Waals surface area contributed by atoms with Gasteiger partial charge in [0.15, 0.2) is 6.61 Å². The van der Waals surface area contributed by atoms with Gasteiger partial charge in [-0.2, -0.15) is 4.31 Å². The summed E-state index contributed by atoms with van der Waals surface area (Å²) < 4.78 is 50.3. The normalized spacial score (nSPS) is 15.4. The summed E-state index contributed by atoms with van der Waals surface area (Å²) in [4.78, 5) is 14.1. The molecular weight excluding hydrogens is 425 g/mol. The van der Waals surface area contributed by atoms with Crippen LogP contribution >= 0.6 is 0 Å². The van der Waals surface area contributed by atoms with Gasteiger partial charge >= 0.3 is 0 Å². The van der Waals surface area contributed by atoms with Crippen molar-refractivity contribution in [2.75, 3.05) is 53.0 Å². The predicted octanol–water partition coefficient (Wildman–Crippen LogP) is 1.34. The van der Waals surface area contributed by atoms with Gasteiger partial charge in [-0.25, -0.2) is 12.8 Å². The zero-order chi connectivity index (χ0) is 22.3. The van der Waals surface area contributed by atoms with Crippen LogP contribution in [0, 0.1) is 5.82 Å². The van der Waals surface area contributed by atoms with E-state index in [1.165, 1.54) is 16.4 Å². The SMILES string of the molecule is COc1cccc(OCC(=O)NCCN2CCN(S(=O)(=O)c3ccc(F)cc3)CC2)c1. The first-order valence-electron chi connectivity index (χ1n) is 9.90. The Morgan fingerprint density at radius 3 is 2.42 bits per heavy atom. The molecule has 0 atom stereocenters. The zero-order valence-electron chi connectivity index (χ0n) is 17.3. The molecule has 1 N–H and O–H groups in total. The second kappa shape index (κ2) is 10.6. The maximum Gasteiger partial charge on any atom is 0.257 e. The van der Waals surface area contributed by atoms with E-state index in [0.717, 1.165) is 12.1 Å².